The molecule has 1 aromatic carbocycles. The number of hydrogen-bond donors (Lipinski definition) is 2. The van der Waals surface area contributed by atoms with Crippen LogP contribution in [-0.4, -0.2) is 30.7 Å². The molecule has 118 valence electrons. The molecule has 0 saturated heterocycles. The van der Waals surface area contributed by atoms with Crippen LogP contribution < -0.4 is 15.4 Å². The second kappa shape index (κ2) is 9.51. The van der Waals surface area contributed by atoms with Gasteiger partial charge in [0.2, 0.25) is 5.91 Å². The summed E-state index contributed by atoms with van der Waals surface area (Å²) in [6.07, 6.45) is 1.64. The molecule has 0 spiro atoms. The zero-order chi connectivity index (χ0) is 16.4. The average molecular weight is 322 g/mol. The molecule has 22 heavy (non-hydrogen) atoms. The molecule has 6 nitrogen and oxygen atoms in total. The molecule has 0 bridgehead atoms. The van der Waals surface area contributed by atoms with E-state index in [1.165, 1.54) is 7.11 Å². The van der Waals surface area contributed by atoms with E-state index in [4.69, 9.17) is 17.0 Å². The van der Waals surface area contributed by atoms with Crippen molar-refractivity contribution in [3.05, 3.63) is 36.9 Å². The number of ether oxygens (including phenoxy) is 2. The standard InChI is InChI=1S/C15H18N2O4S/c1-3-10-21-12-7-5-4-6-11(12)16-15(22)17-13(18)8-9-14(19)20-2/h3-7H,1,8-10H2,2H3,(H2,16,17,18,22). The molecule has 0 unspecified atom stereocenters. The lowest BCUT2D eigenvalue weighted by Gasteiger charge is -2.13. The highest BCUT2D eigenvalue weighted by Gasteiger charge is 2.10. The minimum Gasteiger partial charge on any atom is -0.487 e. The lowest BCUT2D eigenvalue weighted by Crippen LogP contribution is -2.34. The maximum Gasteiger partial charge on any atom is 0.306 e. The fourth-order valence-electron chi connectivity index (χ4n) is 1.50. The Morgan fingerprint density at radius 1 is 1.32 bits per heavy atom. The summed E-state index contributed by atoms with van der Waals surface area (Å²) in [6, 6.07) is 7.17. The molecular weight excluding hydrogens is 304 g/mol. The molecule has 7 heteroatoms. The van der Waals surface area contributed by atoms with Crippen molar-refractivity contribution in [1.29, 1.82) is 0 Å². The largest absolute Gasteiger partial charge is 0.487 e. The van der Waals surface area contributed by atoms with E-state index in [1.54, 1.807) is 18.2 Å². The number of hydrogen-bond acceptors (Lipinski definition) is 5. The smallest absolute Gasteiger partial charge is 0.306 e. The molecule has 0 aliphatic carbocycles. The Bertz CT molecular complexity index is 560. The van der Waals surface area contributed by atoms with E-state index >= 15 is 0 Å². The Labute approximate surface area is 134 Å². The molecule has 1 rings (SSSR count). The van der Waals surface area contributed by atoms with Gasteiger partial charge in [-0.2, -0.15) is 0 Å². The first-order valence-electron chi connectivity index (χ1n) is 6.57. The van der Waals surface area contributed by atoms with Crippen LogP contribution >= 0.6 is 12.2 Å². The summed E-state index contributed by atoms with van der Waals surface area (Å²) in [5, 5.41) is 5.49. The van der Waals surface area contributed by atoms with Crippen LogP contribution in [0.1, 0.15) is 12.8 Å². The lowest BCUT2D eigenvalue weighted by molar-refractivity contribution is -0.142. The second-order valence-electron chi connectivity index (χ2n) is 4.17. The number of benzene rings is 1. The Kier molecular flexibility index (Phi) is 7.63. The number of esters is 1. The molecule has 0 atom stereocenters. The molecular formula is C15H18N2O4S. The number of amides is 1. The average Bonchev–Trinajstić information content (AvgIpc) is 2.51. The Balaban J connectivity index is 2.52. The third kappa shape index (κ3) is 6.36. The Morgan fingerprint density at radius 2 is 2.05 bits per heavy atom. The van der Waals surface area contributed by atoms with Gasteiger partial charge in [0.1, 0.15) is 12.4 Å². The van der Waals surface area contributed by atoms with Gasteiger partial charge in [-0.3, -0.25) is 9.59 Å². The Hall–Kier alpha value is -2.41. The fraction of sp³-hybridized carbons (Fsp3) is 0.267. The Morgan fingerprint density at radius 3 is 2.73 bits per heavy atom. The number of thiocarbonyl (C=S) groups is 1. The normalized spacial score (nSPS) is 9.50. The van der Waals surface area contributed by atoms with Gasteiger partial charge in [0, 0.05) is 6.42 Å². The van der Waals surface area contributed by atoms with E-state index < -0.39 is 5.97 Å². The molecule has 0 aliphatic rings. The van der Waals surface area contributed by atoms with Gasteiger partial charge < -0.3 is 20.1 Å². The predicted octanol–water partition coefficient (Wildman–Crippen LogP) is 2.02. The molecule has 2 N–H and O–H groups in total. The maximum atomic E-state index is 11.6. The minimum atomic E-state index is -0.447. The third-order valence-corrected chi connectivity index (χ3v) is 2.73. The van der Waals surface area contributed by atoms with Crippen LogP contribution in [0.2, 0.25) is 0 Å². The van der Waals surface area contributed by atoms with Crippen LogP contribution in [0.15, 0.2) is 36.9 Å². The summed E-state index contributed by atoms with van der Waals surface area (Å²) in [5.74, 6) is -0.224. The number of para-hydroxylation sites is 2. The van der Waals surface area contributed by atoms with Crippen LogP contribution in [0, 0.1) is 0 Å². The zero-order valence-electron chi connectivity index (χ0n) is 12.3. The lowest BCUT2D eigenvalue weighted by atomic mass is 10.3. The highest BCUT2D eigenvalue weighted by molar-refractivity contribution is 7.80. The van der Waals surface area contributed by atoms with Crippen molar-refractivity contribution < 1.29 is 19.1 Å². The topological polar surface area (TPSA) is 76.7 Å². The highest BCUT2D eigenvalue weighted by Crippen LogP contribution is 2.23. The summed E-state index contributed by atoms with van der Waals surface area (Å²) in [4.78, 5) is 22.6. The van der Waals surface area contributed by atoms with Crippen LogP contribution in [0.5, 0.6) is 5.75 Å². The van der Waals surface area contributed by atoms with E-state index in [9.17, 15) is 9.59 Å². The summed E-state index contributed by atoms with van der Waals surface area (Å²) < 4.78 is 9.93. The molecule has 0 aromatic heterocycles. The summed E-state index contributed by atoms with van der Waals surface area (Å²) >= 11 is 5.06. The summed E-state index contributed by atoms with van der Waals surface area (Å²) in [5.41, 5.74) is 0.627. The number of carbonyl (C=O) groups is 2. The van der Waals surface area contributed by atoms with Crippen molar-refractivity contribution in [1.82, 2.24) is 5.32 Å². The van der Waals surface area contributed by atoms with E-state index in [0.29, 0.717) is 18.0 Å². The van der Waals surface area contributed by atoms with E-state index in [-0.39, 0.29) is 23.9 Å². The van der Waals surface area contributed by atoms with Gasteiger partial charge in [-0.1, -0.05) is 24.8 Å². The molecule has 1 aromatic rings. The van der Waals surface area contributed by atoms with Gasteiger partial charge in [0.15, 0.2) is 5.11 Å². The molecule has 0 saturated carbocycles. The first-order valence-corrected chi connectivity index (χ1v) is 6.98. The van der Waals surface area contributed by atoms with Gasteiger partial charge in [-0.15, -0.1) is 0 Å². The number of methoxy groups -OCH3 is 1. The highest BCUT2D eigenvalue weighted by atomic mass is 32.1. The molecule has 0 heterocycles. The first-order chi connectivity index (χ1) is 10.6. The zero-order valence-corrected chi connectivity index (χ0v) is 13.1. The van der Waals surface area contributed by atoms with E-state index in [0.717, 1.165) is 0 Å². The van der Waals surface area contributed by atoms with Gasteiger partial charge in [0.25, 0.3) is 0 Å². The predicted molar refractivity (Wildman–Crippen MR) is 87.7 cm³/mol. The number of rotatable bonds is 7. The van der Waals surface area contributed by atoms with Crippen molar-refractivity contribution in [2.75, 3.05) is 19.0 Å². The van der Waals surface area contributed by atoms with Crippen molar-refractivity contribution in [2.45, 2.75) is 12.8 Å². The van der Waals surface area contributed by atoms with Crippen LogP contribution in [0.3, 0.4) is 0 Å². The van der Waals surface area contributed by atoms with Gasteiger partial charge in [-0.05, 0) is 24.4 Å². The fourth-order valence-corrected chi connectivity index (χ4v) is 1.73. The van der Waals surface area contributed by atoms with Gasteiger partial charge >= 0.3 is 5.97 Å². The van der Waals surface area contributed by atoms with Crippen molar-refractivity contribution in [3.63, 3.8) is 0 Å². The molecule has 0 fully saturated rings. The third-order valence-electron chi connectivity index (χ3n) is 2.53. The summed E-state index contributed by atoms with van der Waals surface area (Å²) in [6.45, 7) is 3.94. The van der Waals surface area contributed by atoms with E-state index in [1.807, 2.05) is 12.1 Å². The monoisotopic (exact) mass is 322 g/mol. The van der Waals surface area contributed by atoms with Crippen LogP contribution in [0.4, 0.5) is 5.69 Å². The second-order valence-corrected chi connectivity index (χ2v) is 4.58. The molecule has 1 amide bonds. The van der Waals surface area contributed by atoms with Crippen LogP contribution in [0.25, 0.3) is 0 Å². The number of nitrogens with one attached hydrogen (secondary N) is 2. The number of anilines is 1. The van der Waals surface area contributed by atoms with E-state index in [2.05, 4.69) is 21.9 Å². The van der Waals surface area contributed by atoms with Crippen LogP contribution in [-0.2, 0) is 14.3 Å². The first kappa shape index (κ1) is 17.6. The quantitative estimate of drug-likeness (QED) is 0.454. The SMILES string of the molecule is C=CCOc1ccccc1NC(=S)NC(=O)CCC(=O)OC. The van der Waals surface area contributed by atoms with Crippen molar-refractivity contribution >= 4 is 34.9 Å². The molecule has 0 aliphatic heterocycles. The van der Waals surface area contributed by atoms with Crippen molar-refractivity contribution in [2.24, 2.45) is 0 Å². The minimum absolute atomic E-state index is 0.00308. The van der Waals surface area contributed by atoms with Crippen molar-refractivity contribution in [3.8, 4) is 5.75 Å². The summed E-state index contributed by atoms with van der Waals surface area (Å²) in [7, 11) is 1.27. The number of carbonyl (C=O) groups excluding carboxylic acids is 2. The van der Waals surface area contributed by atoms with Gasteiger partial charge in [0.05, 0.1) is 19.2 Å². The van der Waals surface area contributed by atoms with Gasteiger partial charge in [-0.25, -0.2) is 0 Å². The maximum absolute atomic E-state index is 11.6. The molecule has 0 radical (unpaired) electrons.